The summed E-state index contributed by atoms with van der Waals surface area (Å²) in [5.74, 6) is 0.147. The summed E-state index contributed by atoms with van der Waals surface area (Å²) in [4.78, 5) is 10.1. The molecular formula is C12H15FN2O2. The van der Waals surface area contributed by atoms with Crippen LogP contribution in [0.1, 0.15) is 26.2 Å². The molecule has 0 amide bonds. The van der Waals surface area contributed by atoms with Gasteiger partial charge in [-0.05, 0) is 31.2 Å². The lowest BCUT2D eigenvalue weighted by Gasteiger charge is -2.17. The maximum Gasteiger partial charge on any atom is 0.271 e. The summed E-state index contributed by atoms with van der Waals surface area (Å²) in [5, 5.41) is 13.7. The van der Waals surface area contributed by atoms with Crippen molar-refractivity contribution in [3.05, 3.63) is 34.1 Å². The van der Waals surface area contributed by atoms with Gasteiger partial charge in [0.25, 0.3) is 5.69 Å². The number of hydrogen-bond donors (Lipinski definition) is 1. The van der Waals surface area contributed by atoms with Gasteiger partial charge in [0.1, 0.15) is 5.82 Å². The Morgan fingerprint density at radius 3 is 2.82 bits per heavy atom. The molecule has 1 aliphatic carbocycles. The van der Waals surface area contributed by atoms with E-state index in [2.05, 4.69) is 5.32 Å². The van der Waals surface area contributed by atoms with Gasteiger partial charge in [-0.25, -0.2) is 4.39 Å². The van der Waals surface area contributed by atoms with Gasteiger partial charge in [0.05, 0.1) is 10.6 Å². The Balaban J connectivity index is 2.18. The summed E-state index contributed by atoms with van der Waals surface area (Å²) in [5.41, 5.74) is 0.150. The van der Waals surface area contributed by atoms with Crippen LogP contribution in [0.25, 0.3) is 0 Å². The molecule has 0 saturated heterocycles. The van der Waals surface area contributed by atoms with Gasteiger partial charge in [-0.3, -0.25) is 10.1 Å². The highest BCUT2D eigenvalue weighted by Gasteiger charge is 2.30. The molecule has 0 bridgehead atoms. The highest BCUT2D eigenvalue weighted by atomic mass is 19.1. The van der Waals surface area contributed by atoms with E-state index in [9.17, 15) is 14.5 Å². The van der Waals surface area contributed by atoms with Crippen molar-refractivity contribution in [2.75, 3.05) is 5.32 Å². The zero-order valence-electron chi connectivity index (χ0n) is 9.65. The van der Waals surface area contributed by atoms with Crippen molar-refractivity contribution >= 4 is 11.4 Å². The van der Waals surface area contributed by atoms with Crippen molar-refractivity contribution in [2.24, 2.45) is 5.92 Å². The summed E-state index contributed by atoms with van der Waals surface area (Å²) < 4.78 is 13.5. The summed E-state index contributed by atoms with van der Waals surface area (Å²) in [7, 11) is 0. The Hall–Kier alpha value is -1.65. The molecule has 4 nitrogen and oxygen atoms in total. The summed E-state index contributed by atoms with van der Waals surface area (Å²) in [6.45, 7) is 2.03. The number of nitrogens with zero attached hydrogens (tertiary/aromatic N) is 1. The third kappa shape index (κ3) is 2.72. The first-order valence-corrected chi connectivity index (χ1v) is 5.82. The molecule has 0 heterocycles. The molecule has 5 heteroatoms. The van der Waals surface area contributed by atoms with Crippen molar-refractivity contribution in [2.45, 2.75) is 32.2 Å². The Morgan fingerprint density at radius 2 is 2.29 bits per heavy atom. The zero-order valence-corrected chi connectivity index (χ0v) is 9.65. The quantitative estimate of drug-likeness (QED) is 0.632. The largest absolute Gasteiger partial charge is 0.379 e. The number of nitro benzene ring substituents is 1. The monoisotopic (exact) mass is 238 g/mol. The second-order valence-electron chi connectivity index (χ2n) is 4.42. The Kier molecular flexibility index (Phi) is 3.26. The minimum Gasteiger partial charge on any atom is -0.379 e. The SMILES string of the molecule is CCC(Nc1cc([N+](=O)[O-])ccc1F)C1CC1. The van der Waals surface area contributed by atoms with Crippen LogP contribution in [0.3, 0.4) is 0 Å². The number of nitrogens with one attached hydrogen (secondary N) is 1. The van der Waals surface area contributed by atoms with E-state index in [1.54, 1.807) is 0 Å². The van der Waals surface area contributed by atoms with Crippen LogP contribution in [0.5, 0.6) is 0 Å². The number of halogens is 1. The zero-order chi connectivity index (χ0) is 12.4. The smallest absolute Gasteiger partial charge is 0.271 e. The molecule has 1 fully saturated rings. The number of benzene rings is 1. The van der Waals surface area contributed by atoms with Crippen LogP contribution in [0, 0.1) is 21.8 Å². The fourth-order valence-corrected chi connectivity index (χ4v) is 1.99. The number of rotatable bonds is 5. The van der Waals surface area contributed by atoms with Gasteiger partial charge in [-0.2, -0.15) is 0 Å². The first kappa shape index (κ1) is 11.8. The molecule has 0 aromatic heterocycles. The van der Waals surface area contributed by atoms with Crippen molar-refractivity contribution in [3.63, 3.8) is 0 Å². The van der Waals surface area contributed by atoms with E-state index < -0.39 is 10.7 Å². The van der Waals surface area contributed by atoms with Crippen molar-refractivity contribution in [1.29, 1.82) is 0 Å². The Morgan fingerprint density at radius 1 is 1.59 bits per heavy atom. The standard InChI is InChI=1S/C12H15FN2O2/c1-2-11(8-3-4-8)14-12-7-9(15(16)17)5-6-10(12)13/h5-8,11,14H,2-4H2,1H3. The van der Waals surface area contributed by atoms with Crippen LogP contribution in [0.4, 0.5) is 15.8 Å². The predicted molar refractivity (Wildman–Crippen MR) is 63.5 cm³/mol. The van der Waals surface area contributed by atoms with E-state index >= 15 is 0 Å². The van der Waals surface area contributed by atoms with E-state index in [1.165, 1.54) is 12.1 Å². The highest BCUT2D eigenvalue weighted by molar-refractivity contribution is 5.53. The maximum absolute atomic E-state index is 13.5. The molecular weight excluding hydrogens is 223 g/mol. The third-order valence-electron chi connectivity index (χ3n) is 3.13. The summed E-state index contributed by atoms with van der Waals surface area (Å²) in [6.07, 6.45) is 3.21. The third-order valence-corrected chi connectivity index (χ3v) is 3.13. The molecule has 1 aromatic carbocycles. The molecule has 1 N–H and O–H groups in total. The van der Waals surface area contributed by atoms with E-state index in [0.717, 1.165) is 25.3 Å². The molecule has 1 aliphatic rings. The van der Waals surface area contributed by atoms with E-state index in [1.807, 2.05) is 6.92 Å². The number of anilines is 1. The summed E-state index contributed by atoms with van der Waals surface area (Å²) in [6, 6.07) is 3.80. The van der Waals surface area contributed by atoms with Crippen molar-refractivity contribution < 1.29 is 9.31 Å². The number of hydrogen-bond acceptors (Lipinski definition) is 3. The number of nitro groups is 1. The topological polar surface area (TPSA) is 55.2 Å². The second kappa shape index (κ2) is 4.69. The van der Waals surface area contributed by atoms with E-state index in [4.69, 9.17) is 0 Å². The predicted octanol–water partition coefficient (Wildman–Crippen LogP) is 3.33. The molecule has 1 unspecified atom stereocenters. The molecule has 17 heavy (non-hydrogen) atoms. The first-order chi connectivity index (χ1) is 8.11. The Bertz CT molecular complexity index is 433. The second-order valence-corrected chi connectivity index (χ2v) is 4.42. The molecule has 0 aliphatic heterocycles. The van der Waals surface area contributed by atoms with Gasteiger partial charge in [0.2, 0.25) is 0 Å². The first-order valence-electron chi connectivity index (χ1n) is 5.82. The Labute approximate surface area is 99.0 Å². The number of non-ortho nitro benzene ring substituents is 1. The molecule has 92 valence electrons. The van der Waals surface area contributed by atoms with E-state index in [-0.39, 0.29) is 17.4 Å². The van der Waals surface area contributed by atoms with Crippen LogP contribution in [0.2, 0.25) is 0 Å². The normalized spacial score (nSPS) is 16.6. The lowest BCUT2D eigenvalue weighted by molar-refractivity contribution is -0.384. The lowest BCUT2D eigenvalue weighted by Crippen LogP contribution is -2.21. The van der Waals surface area contributed by atoms with E-state index in [0.29, 0.717) is 5.92 Å². The molecule has 1 atom stereocenters. The molecule has 1 aromatic rings. The van der Waals surface area contributed by atoms with Gasteiger partial charge in [0.15, 0.2) is 0 Å². The van der Waals surface area contributed by atoms with Crippen LogP contribution in [0.15, 0.2) is 18.2 Å². The fraction of sp³-hybridized carbons (Fsp3) is 0.500. The molecule has 1 saturated carbocycles. The van der Waals surface area contributed by atoms with Gasteiger partial charge in [-0.1, -0.05) is 6.92 Å². The van der Waals surface area contributed by atoms with Gasteiger partial charge in [-0.15, -0.1) is 0 Å². The van der Waals surface area contributed by atoms with Gasteiger partial charge < -0.3 is 5.32 Å². The van der Waals surface area contributed by atoms with Crippen LogP contribution >= 0.6 is 0 Å². The maximum atomic E-state index is 13.5. The minimum absolute atomic E-state index is 0.0837. The average Bonchev–Trinajstić information content (AvgIpc) is 3.11. The summed E-state index contributed by atoms with van der Waals surface area (Å²) >= 11 is 0. The van der Waals surface area contributed by atoms with Gasteiger partial charge >= 0.3 is 0 Å². The fourth-order valence-electron chi connectivity index (χ4n) is 1.99. The van der Waals surface area contributed by atoms with Crippen LogP contribution in [-0.4, -0.2) is 11.0 Å². The lowest BCUT2D eigenvalue weighted by atomic mass is 10.1. The van der Waals surface area contributed by atoms with Gasteiger partial charge in [0, 0.05) is 18.2 Å². The molecule has 0 spiro atoms. The minimum atomic E-state index is -0.511. The molecule has 2 rings (SSSR count). The van der Waals surface area contributed by atoms with Crippen LogP contribution < -0.4 is 5.32 Å². The highest BCUT2D eigenvalue weighted by Crippen LogP contribution is 2.36. The van der Waals surface area contributed by atoms with Crippen molar-refractivity contribution in [3.8, 4) is 0 Å². The average molecular weight is 238 g/mol. The van der Waals surface area contributed by atoms with Crippen LogP contribution in [-0.2, 0) is 0 Å². The molecule has 0 radical (unpaired) electrons. The van der Waals surface area contributed by atoms with Crippen molar-refractivity contribution in [1.82, 2.24) is 0 Å².